The van der Waals surface area contributed by atoms with E-state index in [1.54, 1.807) is 27.2 Å². The van der Waals surface area contributed by atoms with Crippen LogP contribution in [0.1, 0.15) is 31.2 Å². The summed E-state index contributed by atoms with van der Waals surface area (Å²) in [6.45, 7) is 2.01. The number of rotatable bonds is 5. The number of hydrogen-bond acceptors (Lipinski definition) is 5. The van der Waals surface area contributed by atoms with Crippen LogP contribution in [0.2, 0.25) is 0 Å². The Morgan fingerprint density at radius 3 is 2.33 bits per heavy atom. The van der Waals surface area contributed by atoms with Crippen LogP contribution in [0.25, 0.3) is 0 Å². The Hall–Kier alpha value is -2.04. The van der Waals surface area contributed by atoms with Gasteiger partial charge in [0.15, 0.2) is 0 Å². The molecule has 21 heavy (non-hydrogen) atoms. The molecule has 1 saturated carbocycles. The smallest absolute Gasteiger partial charge is 0.317 e. The highest BCUT2D eigenvalue weighted by Gasteiger charge is 2.42. The zero-order valence-corrected chi connectivity index (χ0v) is 12.5. The van der Waals surface area contributed by atoms with Gasteiger partial charge in [-0.3, -0.25) is 9.59 Å². The molecule has 0 spiro atoms. The molecule has 0 unspecified atom stereocenters. The van der Waals surface area contributed by atoms with Crippen LogP contribution in [-0.4, -0.2) is 32.6 Å². The molecule has 1 aliphatic carbocycles. The molecule has 0 amide bonds. The van der Waals surface area contributed by atoms with Crippen molar-refractivity contribution in [1.29, 1.82) is 0 Å². The van der Waals surface area contributed by atoms with E-state index in [-0.39, 0.29) is 18.3 Å². The third-order valence-corrected chi connectivity index (χ3v) is 3.79. The average Bonchev–Trinajstić information content (AvgIpc) is 2.88. The molecule has 1 aliphatic rings. The van der Waals surface area contributed by atoms with Gasteiger partial charge in [0.25, 0.3) is 0 Å². The van der Waals surface area contributed by atoms with Gasteiger partial charge in [0, 0.05) is 18.4 Å². The van der Waals surface area contributed by atoms with E-state index in [0.717, 1.165) is 5.56 Å². The van der Waals surface area contributed by atoms with Crippen LogP contribution in [0.5, 0.6) is 11.5 Å². The quantitative estimate of drug-likeness (QED) is 0.615. The molecule has 0 radical (unpaired) electrons. The molecule has 1 aromatic rings. The number of benzene rings is 1. The Labute approximate surface area is 124 Å². The normalized spacial score (nSPS) is 21.2. The van der Waals surface area contributed by atoms with Crippen molar-refractivity contribution >= 4 is 11.8 Å². The molecule has 5 heteroatoms. The number of ketones is 1. The predicted octanol–water partition coefficient (Wildman–Crippen LogP) is 2.33. The third kappa shape index (κ3) is 3.17. The molecule has 1 fully saturated rings. The minimum Gasteiger partial charge on any atom is -0.497 e. The van der Waals surface area contributed by atoms with E-state index in [0.29, 0.717) is 24.3 Å². The number of Topliss-reactive ketones (excluding diaryl/α,β-unsaturated/α-hetero) is 1. The van der Waals surface area contributed by atoms with Gasteiger partial charge in [-0.15, -0.1) is 0 Å². The number of carbonyl (C=O) groups is 2. The van der Waals surface area contributed by atoms with E-state index in [4.69, 9.17) is 14.2 Å². The van der Waals surface area contributed by atoms with Crippen LogP contribution < -0.4 is 9.47 Å². The fourth-order valence-electron chi connectivity index (χ4n) is 2.77. The van der Waals surface area contributed by atoms with Crippen molar-refractivity contribution < 1.29 is 23.8 Å². The molecule has 0 bridgehead atoms. The summed E-state index contributed by atoms with van der Waals surface area (Å²) in [5, 5.41) is 0. The van der Waals surface area contributed by atoms with Crippen LogP contribution >= 0.6 is 0 Å². The zero-order valence-electron chi connectivity index (χ0n) is 12.5. The van der Waals surface area contributed by atoms with Crippen LogP contribution in [0.15, 0.2) is 18.2 Å². The Morgan fingerprint density at radius 2 is 1.81 bits per heavy atom. The summed E-state index contributed by atoms with van der Waals surface area (Å²) in [5.74, 6) is -0.105. The Bertz CT molecular complexity index is 515. The monoisotopic (exact) mass is 292 g/mol. The average molecular weight is 292 g/mol. The van der Waals surface area contributed by atoms with Crippen molar-refractivity contribution in [2.75, 3.05) is 20.8 Å². The minimum absolute atomic E-state index is 0.0553. The Kier molecular flexibility index (Phi) is 4.83. The van der Waals surface area contributed by atoms with Gasteiger partial charge < -0.3 is 14.2 Å². The van der Waals surface area contributed by atoms with Crippen LogP contribution in [0.4, 0.5) is 0 Å². The van der Waals surface area contributed by atoms with E-state index in [2.05, 4.69) is 0 Å². The molecule has 2 atom stereocenters. The topological polar surface area (TPSA) is 61.8 Å². The molecule has 0 heterocycles. The largest absolute Gasteiger partial charge is 0.497 e. The lowest BCUT2D eigenvalue weighted by Gasteiger charge is -2.19. The lowest BCUT2D eigenvalue weighted by atomic mass is 9.88. The van der Waals surface area contributed by atoms with E-state index < -0.39 is 11.9 Å². The van der Waals surface area contributed by atoms with Crippen LogP contribution in [0, 0.1) is 5.92 Å². The summed E-state index contributed by atoms with van der Waals surface area (Å²) in [4.78, 5) is 24.1. The molecule has 114 valence electrons. The van der Waals surface area contributed by atoms with Gasteiger partial charge in [0.05, 0.1) is 20.8 Å². The highest BCUT2D eigenvalue weighted by Crippen LogP contribution is 2.40. The second kappa shape index (κ2) is 6.61. The number of carbonyl (C=O) groups excluding carboxylic acids is 2. The maximum absolute atomic E-state index is 12.0. The molecule has 5 nitrogen and oxygen atoms in total. The minimum atomic E-state index is -0.721. The molecule has 1 aromatic carbocycles. The van der Waals surface area contributed by atoms with Gasteiger partial charge >= 0.3 is 5.97 Å². The van der Waals surface area contributed by atoms with Crippen molar-refractivity contribution in [2.45, 2.75) is 25.7 Å². The standard InChI is InChI=1S/C16H20O5/c1-4-21-16(18)15-13(5-6-14(15)17)10-7-11(19-2)9-12(8-10)20-3/h7-9,13,15H,4-6H2,1-3H3/t13-,15-/m0/s1. The summed E-state index contributed by atoms with van der Waals surface area (Å²) < 4.78 is 15.5. The maximum Gasteiger partial charge on any atom is 0.317 e. The summed E-state index contributed by atoms with van der Waals surface area (Å²) in [5.41, 5.74) is 0.870. The van der Waals surface area contributed by atoms with E-state index in [1.807, 2.05) is 12.1 Å². The molecule has 0 aliphatic heterocycles. The van der Waals surface area contributed by atoms with Gasteiger partial charge in [0.2, 0.25) is 0 Å². The Morgan fingerprint density at radius 1 is 1.19 bits per heavy atom. The second-order valence-electron chi connectivity index (χ2n) is 4.99. The second-order valence-corrected chi connectivity index (χ2v) is 4.99. The fourth-order valence-corrected chi connectivity index (χ4v) is 2.77. The maximum atomic E-state index is 12.0. The van der Waals surface area contributed by atoms with Crippen molar-refractivity contribution in [3.05, 3.63) is 23.8 Å². The highest BCUT2D eigenvalue weighted by molar-refractivity contribution is 6.01. The first-order chi connectivity index (χ1) is 10.1. The summed E-state index contributed by atoms with van der Waals surface area (Å²) in [7, 11) is 3.14. The van der Waals surface area contributed by atoms with Gasteiger partial charge in [-0.05, 0) is 31.0 Å². The molecule has 0 saturated heterocycles. The van der Waals surface area contributed by atoms with Crippen LogP contribution in [0.3, 0.4) is 0 Å². The van der Waals surface area contributed by atoms with Gasteiger partial charge in [-0.25, -0.2) is 0 Å². The van der Waals surface area contributed by atoms with Crippen molar-refractivity contribution in [3.63, 3.8) is 0 Å². The molecule has 2 rings (SSSR count). The Balaban J connectivity index is 2.35. The predicted molar refractivity (Wildman–Crippen MR) is 76.7 cm³/mol. The van der Waals surface area contributed by atoms with E-state index >= 15 is 0 Å². The van der Waals surface area contributed by atoms with E-state index in [1.165, 1.54) is 0 Å². The third-order valence-electron chi connectivity index (χ3n) is 3.79. The van der Waals surface area contributed by atoms with Crippen molar-refractivity contribution in [2.24, 2.45) is 5.92 Å². The van der Waals surface area contributed by atoms with Gasteiger partial charge in [0.1, 0.15) is 23.2 Å². The number of ether oxygens (including phenoxy) is 3. The molecule has 0 aromatic heterocycles. The van der Waals surface area contributed by atoms with Crippen molar-refractivity contribution in [3.8, 4) is 11.5 Å². The summed E-state index contributed by atoms with van der Waals surface area (Å²) >= 11 is 0. The lowest BCUT2D eigenvalue weighted by Crippen LogP contribution is -2.26. The first kappa shape index (κ1) is 15.4. The molecular formula is C16H20O5. The first-order valence-electron chi connectivity index (χ1n) is 7.03. The zero-order chi connectivity index (χ0) is 15.4. The van der Waals surface area contributed by atoms with Crippen molar-refractivity contribution in [1.82, 2.24) is 0 Å². The van der Waals surface area contributed by atoms with Crippen LogP contribution in [-0.2, 0) is 14.3 Å². The van der Waals surface area contributed by atoms with Gasteiger partial charge in [-0.2, -0.15) is 0 Å². The highest BCUT2D eigenvalue weighted by atomic mass is 16.5. The number of hydrogen-bond donors (Lipinski definition) is 0. The fraction of sp³-hybridized carbons (Fsp3) is 0.500. The lowest BCUT2D eigenvalue weighted by molar-refractivity contribution is -0.151. The summed E-state index contributed by atoms with van der Waals surface area (Å²) in [6.07, 6.45) is 1.03. The molecular weight excluding hydrogens is 272 g/mol. The van der Waals surface area contributed by atoms with Gasteiger partial charge in [-0.1, -0.05) is 0 Å². The SMILES string of the molecule is CCOC(=O)[C@@H]1C(=O)CC[C@H]1c1cc(OC)cc(OC)c1. The first-order valence-corrected chi connectivity index (χ1v) is 7.03. The molecule has 0 N–H and O–H groups in total. The summed E-state index contributed by atoms with van der Waals surface area (Å²) in [6, 6.07) is 5.45. The number of esters is 1. The van der Waals surface area contributed by atoms with E-state index in [9.17, 15) is 9.59 Å². The number of methoxy groups -OCH3 is 2.